The van der Waals surface area contributed by atoms with Gasteiger partial charge in [0.25, 0.3) is 0 Å². The molecule has 0 rings (SSSR count). The van der Waals surface area contributed by atoms with Crippen LogP contribution in [0.3, 0.4) is 0 Å². The smallest absolute Gasteiger partial charge is 0.0897 e. The van der Waals surface area contributed by atoms with Crippen LogP contribution in [0.2, 0.25) is 0 Å². The Bertz CT molecular complexity index is 219. The maximum absolute atomic E-state index is 9.83. The van der Waals surface area contributed by atoms with Gasteiger partial charge in [0.05, 0.1) is 24.4 Å². The van der Waals surface area contributed by atoms with Crippen LogP contribution in [0.5, 0.6) is 0 Å². The summed E-state index contributed by atoms with van der Waals surface area (Å²) in [5.41, 5.74) is -0.194. The van der Waals surface area contributed by atoms with E-state index < -0.39 is 6.10 Å². The van der Waals surface area contributed by atoms with Gasteiger partial charge in [-0.15, -0.1) is 0 Å². The molecule has 2 unspecified atom stereocenters. The van der Waals surface area contributed by atoms with Gasteiger partial charge in [-0.05, 0) is 40.0 Å². The van der Waals surface area contributed by atoms with E-state index in [1.807, 2.05) is 20.8 Å². The largest absolute Gasteiger partial charge is 0.389 e. The van der Waals surface area contributed by atoms with E-state index >= 15 is 0 Å². The zero-order valence-corrected chi connectivity index (χ0v) is 13.5. The molecule has 0 bridgehead atoms. The summed E-state index contributed by atoms with van der Waals surface area (Å²) in [6, 6.07) is 0. The van der Waals surface area contributed by atoms with Gasteiger partial charge < -0.3 is 19.9 Å². The monoisotopic (exact) mass is 275 g/mol. The van der Waals surface area contributed by atoms with E-state index in [1.165, 1.54) is 0 Å². The second kappa shape index (κ2) is 9.70. The molecule has 116 valence electrons. The van der Waals surface area contributed by atoms with Gasteiger partial charge in [0, 0.05) is 19.7 Å². The van der Waals surface area contributed by atoms with Crippen molar-refractivity contribution in [1.82, 2.24) is 5.32 Å². The summed E-state index contributed by atoms with van der Waals surface area (Å²) in [6.45, 7) is 14.8. The van der Waals surface area contributed by atoms with E-state index in [0.717, 1.165) is 13.0 Å². The first kappa shape index (κ1) is 18.8. The fraction of sp³-hybridized carbons (Fsp3) is 1.00. The summed E-state index contributed by atoms with van der Waals surface area (Å²) in [6.07, 6.45) is 0.763. The summed E-state index contributed by atoms with van der Waals surface area (Å²) in [5, 5.41) is 13.1. The van der Waals surface area contributed by atoms with Gasteiger partial charge in [-0.3, -0.25) is 0 Å². The number of ether oxygens (including phenoxy) is 2. The van der Waals surface area contributed by atoms with E-state index in [1.54, 1.807) is 0 Å². The number of hydrogen-bond donors (Lipinski definition) is 2. The normalized spacial score (nSPS) is 15.8. The van der Waals surface area contributed by atoms with Crippen molar-refractivity contribution in [1.29, 1.82) is 0 Å². The van der Waals surface area contributed by atoms with Crippen LogP contribution in [0.1, 0.15) is 48.0 Å². The lowest BCUT2D eigenvalue weighted by molar-refractivity contribution is -0.0220. The zero-order valence-electron chi connectivity index (χ0n) is 13.5. The maximum Gasteiger partial charge on any atom is 0.0897 e. The van der Waals surface area contributed by atoms with Crippen molar-refractivity contribution in [3.05, 3.63) is 0 Å². The Labute approximate surface area is 118 Å². The molecule has 19 heavy (non-hydrogen) atoms. The highest BCUT2D eigenvalue weighted by molar-refractivity contribution is 4.73. The highest BCUT2D eigenvalue weighted by Crippen LogP contribution is 2.08. The van der Waals surface area contributed by atoms with Crippen LogP contribution < -0.4 is 5.32 Å². The lowest BCUT2D eigenvalue weighted by Crippen LogP contribution is -2.41. The Hall–Kier alpha value is -0.160. The molecular weight excluding hydrogens is 242 g/mol. The minimum absolute atomic E-state index is 0.194. The molecule has 0 aromatic rings. The number of hydrogen-bond acceptors (Lipinski definition) is 4. The predicted molar refractivity (Wildman–Crippen MR) is 79.5 cm³/mol. The first-order valence-corrected chi connectivity index (χ1v) is 7.41. The molecule has 2 N–H and O–H groups in total. The molecule has 0 aliphatic carbocycles. The molecule has 0 heterocycles. The van der Waals surface area contributed by atoms with Gasteiger partial charge >= 0.3 is 0 Å². The molecule has 0 aromatic heterocycles. The van der Waals surface area contributed by atoms with Crippen LogP contribution in [0.25, 0.3) is 0 Å². The number of aliphatic hydroxyl groups is 1. The second-order valence-corrected chi connectivity index (χ2v) is 6.25. The maximum atomic E-state index is 9.83. The average Bonchev–Trinajstić information content (AvgIpc) is 2.25. The Balaban J connectivity index is 3.67. The van der Waals surface area contributed by atoms with E-state index in [2.05, 4.69) is 26.1 Å². The molecule has 2 atom stereocenters. The fourth-order valence-electron chi connectivity index (χ4n) is 2.05. The zero-order chi connectivity index (χ0) is 14.9. The molecule has 0 fully saturated rings. The van der Waals surface area contributed by atoms with Crippen LogP contribution in [0.15, 0.2) is 0 Å². The number of aliphatic hydroxyl groups excluding tert-OH is 1. The van der Waals surface area contributed by atoms with Crippen molar-refractivity contribution in [2.24, 2.45) is 5.92 Å². The van der Waals surface area contributed by atoms with Crippen molar-refractivity contribution in [2.45, 2.75) is 65.8 Å². The van der Waals surface area contributed by atoms with E-state index in [-0.39, 0.29) is 11.7 Å². The van der Waals surface area contributed by atoms with E-state index in [4.69, 9.17) is 9.47 Å². The van der Waals surface area contributed by atoms with Crippen LogP contribution in [0, 0.1) is 5.92 Å². The Morgan fingerprint density at radius 2 is 1.84 bits per heavy atom. The lowest BCUT2D eigenvalue weighted by atomic mass is 10.1. The molecule has 0 aliphatic rings. The van der Waals surface area contributed by atoms with Crippen LogP contribution >= 0.6 is 0 Å². The number of rotatable bonds is 11. The topological polar surface area (TPSA) is 50.7 Å². The average molecular weight is 275 g/mol. The van der Waals surface area contributed by atoms with Crippen molar-refractivity contribution in [3.8, 4) is 0 Å². The molecule has 0 spiro atoms. The third-order valence-corrected chi connectivity index (χ3v) is 2.84. The SMILES string of the molecule is CCOC(C)(C)CNCC(O)COC(C)CC(C)C. The molecule has 0 amide bonds. The third kappa shape index (κ3) is 11.4. The Morgan fingerprint density at radius 3 is 2.37 bits per heavy atom. The van der Waals surface area contributed by atoms with Gasteiger partial charge in [-0.1, -0.05) is 13.8 Å². The molecule has 0 aliphatic heterocycles. The lowest BCUT2D eigenvalue weighted by Gasteiger charge is -2.26. The third-order valence-electron chi connectivity index (χ3n) is 2.84. The van der Waals surface area contributed by atoms with Crippen molar-refractivity contribution in [3.63, 3.8) is 0 Å². The summed E-state index contributed by atoms with van der Waals surface area (Å²) < 4.78 is 11.2. The standard InChI is InChI=1S/C15H33NO3/c1-7-19-15(5,6)11-16-9-14(17)10-18-13(4)8-12(2)3/h12-14,16-17H,7-11H2,1-6H3. The quantitative estimate of drug-likeness (QED) is 0.607. The Morgan fingerprint density at radius 1 is 1.21 bits per heavy atom. The molecule has 4 heteroatoms. The fourth-order valence-corrected chi connectivity index (χ4v) is 2.05. The molecule has 0 aromatic carbocycles. The Kier molecular flexibility index (Phi) is 9.62. The molecule has 0 saturated heterocycles. The van der Waals surface area contributed by atoms with E-state index in [0.29, 0.717) is 25.7 Å². The predicted octanol–water partition coefficient (Wildman–Crippen LogP) is 2.20. The highest BCUT2D eigenvalue weighted by atomic mass is 16.5. The van der Waals surface area contributed by atoms with Crippen molar-refractivity contribution >= 4 is 0 Å². The molecule has 4 nitrogen and oxygen atoms in total. The first-order chi connectivity index (χ1) is 8.76. The van der Waals surface area contributed by atoms with E-state index in [9.17, 15) is 5.11 Å². The van der Waals surface area contributed by atoms with Gasteiger partial charge in [-0.25, -0.2) is 0 Å². The van der Waals surface area contributed by atoms with Crippen LogP contribution in [0.4, 0.5) is 0 Å². The summed E-state index contributed by atoms with van der Waals surface area (Å²) in [4.78, 5) is 0. The van der Waals surface area contributed by atoms with Gasteiger partial charge in [-0.2, -0.15) is 0 Å². The van der Waals surface area contributed by atoms with Crippen LogP contribution in [-0.2, 0) is 9.47 Å². The van der Waals surface area contributed by atoms with Crippen molar-refractivity contribution < 1.29 is 14.6 Å². The molecule has 0 saturated carbocycles. The van der Waals surface area contributed by atoms with Gasteiger partial charge in [0.2, 0.25) is 0 Å². The minimum atomic E-state index is -0.466. The molecule has 0 radical (unpaired) electrons. The number of nitrogens with one attached hydrogen (secondary N) is 1. The summed E-state index contributed by atoms with van der Waals surface area (Å²) >= 11 is 0. The molecular formula is C15H33NO3. The summed E-state index contributed by atoms with van der Waals surface area (Å²) in [7, 11) is 0. The van der Waals surface area contributed by atoms with Gasteiger partial charge in [0.1, 0.15) is 0 Å². The highest BCUT2D eigenvalue weighted by Gasteiger charge is 2.17. The second-order valence-electron chi connectivity index (χ2n) is 6.25. The minimum Gasteiger partial charge on any atom is -0.389 e. The summed E-state index contributed by atoms with van der Waals surface area (Å²) in [5.74, 6) is 0.622. The van der Waals surface area contributed by atoms with Crippen LogP contribution in [-0.4, -0.2) is 49.2 Å². The first-order valence-electron chi connectivity index (χ1n) is 7.41. The van der Waals surface area contributed by atoms with Gasteiger partial charge in [0.15, 0.2) is 0 Å². The van der Waals surface area contributed by atoms with Crippen molar-refractivity contribution in [2.75, 3.05) is 26.3 Å².